The zero-order valence-corrected chi connectivity index (χ0v) is 19.3. The highest BCUT2D eigenvalue weighted by molar-refractivity contribution is 6.31. The van der Waals surface area contributed by atoms with Crippen LogP contribution in [0.15, 0.2) is 12.4 Å². The predicted molar refractivity (Wildman–Crippen MR) is 123 cm³/mol. The molecule has 0 spiro atoms. The average molecular weight is 459 g/mol. The molecule has 1 atom stereocenters. The molecule has 1 aromatic carbocycles. The molecule has 1 aliphatic rings. The minimum atomic E-state index is -0.880. The Hall–Kier alpha value is -3.07. The zero-order valence-electron chi connectivity index (χ0n) is 18.6. The van der Waals surface area contributed by atoms with Crippen molar-refractivity contribution in [2.45, 2.75) is 45.6 Å². The summed E-state index contributed by atoms with van der Waals surface area (Å²) in [6, 6.07) is 1.69. The summed E-state index contributed by atoms with van der Waals surface area (Å²) in [6.07, 6.45) is 1.98. The number of likely N-dealkylation sites (tertiary alicyclic amines) is 1. The standard InChI is InChI=1S/C22H27ClN6O3/c1-11-16(23)9-15(13(3)29-21-18(12(2)27-29)20(24)25-10-26-21)19(32-4)17(11)14-5-7-28(8-6-14)22(30)31/h9-10,13-14H,5-8H2,1-4H3,(H,30,31)(H2,24,25,26). The molecule has 32 heavy (non-hydrogen) atoms. The fourth-order valence-corrected chi connectivity index (χ4v) is 4.94. The Kier molecular flexibility index (Phi) is 5.85. The highest BCUT2D eigenvalue weighted by Crippen LogP contribution is 2.44. The Bertz CT molecular complexity index is 1190. The molecule has 10 heteroatoms. The number of carbonyl (C=O) groups is 1. The number of anilines is 1. The molecule has 0 aliphatic carbocycles. The van der Waals surface area contributed by atoms with Gasteiger partial charge in [-0.1, -0.05) is 11.6 Å². The first-order valence-electron chi connectivity index (χ1n) is 10.5. The molecule has 1 saturated heterocycles. The van der Waals surface area contributed by atoms with Gasteiger partial charge in [-0.2, -0.15) is 5.10 Å². The molecule has 3 N–H and O–H groups in total. The second kappa shape index (κ2) is 8.46. The number of aromatic nitrogens is 4. The molecule has 0 radical (unpaired) electrons. The van der Waals surface area contributed by atoms with E-state index in [0.717, 1.165) is 33.5 Å². The number of amides is 1. The van der Waals surface area contributed by atoms with Crippen molar-refractivity contribution >= 4 is 34.5 Å². The summed E-state index contributed by atoms with van der Waals surface area (Å²) in [7, 11) is 1.65. The van der Waals surface area contributed by atoms with E-state index < -0.39 is 6.09 Å². The maximum Gasteiger partial charge on any atom is 0.407 e. The van der Waals surface area contributed by atoms with Crippen molar-refractivity contribution in [1.82, 2.24) is 24.6 Å². The zero-order chi connectivity index (χ0) is 23.2. The lowest BCUT2D eigenvalue weighted by Crippen LogP contribution is -2.37. The van der Waals surface area contributed by atoms with Crippen molar-refractivity contribution in [2.24, 2.45) is 0 Å². The number of nitrogens with two attached hydrogens (primary N) is 1. The number of rotatable bonds is 4. The number of hydrogen-bond donors (Lipinski definition) is 2. The fourth-order valence-electron chi connectivity index (χ4n) is 4.72. The summed E-state index contributed by atoms with van der Waals surface area (Å²) in [5.74, 6) is 1.31. The Balaban J connectivity index is 1.81. The van der Waals surface area contributed by atoms with Crippen LogP contribution in [0.3, 0.4) is 0 Å². The summed E-state index contributed by atoms with van der Waals surface area (Å²) in [6.45, 7) is 6.86. The van der Waals surface area contributed by atoms with Crippen molar-refractivity contribution < 1.29 is 14.6 Å². The smallest absolute Gasteiger partial charge is 0.407 e. The van der Waals surface area contributed by atoms with Crippen LogP contribution in [0.2, 0.25) is 5.02 Å². The van der Waals surface area contributed by atoms with E-state index >= 15 is 0 Å². The Labute approximate surface area is 191 Å². The van der Waals surface area contributed by atoms with E-state index in [0.29, 0.717) is 42.4 Å². The SMILES string of the molecule is COc1c(C(C)n2nc(C)c3c(N)ncnc32)cc(Cl)c(C)c1C1CCN(C(=O)O)CC1. The molecular weight excluding hydrogens is 432 g/mol. The van der Waals surface area contributed by atoms with Gasteiger partial charge >= 0.3 is 6.09 Å². The molecule has 1 unspecified atom stereocenters. The van der Waals surface area contributed by atoms with Gasteiger partial charge in [0, 0.05) is 29.2 Å². The highest BCUT2D eigenvalue weighted by atomic mass is 35.5. The van der Waals surface area contributed by atoms with Crippen molar-refractivity contribution in [3.05, 3.63) is 39.8 Å². The van der Waals surface area contributed by atoms with E-state index in [1.807, 2.05) is 31.5 Å². The number of ether oxygens (including phenoxy) is 1. The van der Waals surface area contributed by atoms with Crippen LogP contribution in [0.4, 0.5) is 10.6 Å². The molecular formula is C22H27ClN6O3. The summed E-state index contributed by atoms with van der Waals surface area (Å²) in [5.41, 5.74) is 10.4. The van der Waals surface area contributed by atoms with Gasteiger partial charge < -0.3 is 20.5 Å². The van der Waals surface area contributed by atoms with Gasteiger partial charge in [-0.15, -0.1) is 0 Å². The maximum absolute atomic E-state index is 11.3. The molecule has 2 aromatic heterocycles. The van der Waals surface area contributed by atoms with Gasteiger partial charge in [-0.3, -0.25) is 0 Å². The number of nitrogen functional groups attached to an aromatic ring is 1. The van der Waals surface area contributed by atoms with Gasteiger partial charge in [0.05, 0.1) is 24.2 Å². The first-order valence-corrected chi connectivity index (χ1v) is 10.9. The largest absolute Gasteiger partial charge is 0.496 e. The highest BCUT2D eigenvalue weighted by Gasteiger charge is 2.30. The van der Waals surface area contributed by atoms with Crippen molar-refractivity contribution in [1.29, 1.82) is 0 Å². The van der Waals surface area contributed by atoms with E-state index in [4.69, 9.17) is 22.1 Å². The fraction of sp³-hybridized carbons (Fsp3) is 0.455. The molecule has 3 aromatic rings. The van der Waals surface area contributed by atoms with Crippen LogP contribution >= 0.6 is 11.6 Å². The van der Waals surface area contributed by atoms with Crippen LogP contribution in [-0.2, 0) is 0 Å². The lowest BCUT2D eigenvalue weighted by atomic mass is 9.84. The van der Waals surface area contributed by atoms with Gasteiger partial charge in [-0.25, -0.2) is 19.4 Å². The van der Waals surface area contributed by atoms with E-state index in [2.05, 4.69) is 15.1 Å². The lowest BCUT2D eigenvalue weighted by molar-refractivity contribution is 0.132. The maximum atomic E-state index is 11.3. The second-order valence-corrected chi connectivity index (χ2v) is 8.63. The number of nitrogens with zero attached hydrogens (tertiary/aromatic N) is 5. The van der Waals surface area contributed by atoms with Gasteiger partial charge in [0.15, 0.2) is 5.65 Å². The van der Waals surface area contributed by atoms with Crippen LogP contribution < -0.4 is 10.5 Å². The van der Waals surface area contributed by atoms with E-state index in [1.54, 1.807) is 7.11 Å². The minimum absolute atomic E-state index is 0.152. The van der Waals surface area contributed by atoms with E-state index in [9.17, 15) is 9.90 Å². The Morgan fingerprint density at radius 3 is 2.62 bits per heavy atom. The van der Waals surface area contributed by atoms with Crippen molar-refractivity contribution in [3.63, 3.8) is 0 Å². The molecule has 9 nitrogen and oxygen atoms in total. The summed E-state index contributed by atoms with van der Waals surface area (Å²) < 4.78 is 7.76. The number of halogens is 1. The number of aryl methyl sites for hydroxylation is 1. The quantitative estimate of drug-likeness (QED) is 0.602. The lowest BCUT2D eigenvalue weighted by Gasteiger charge is -2.33. The third-order valence-corrected chi connectivity index (χ3v) is 6.83. The molecule has 0 saturated carbocycles. The van der Waals surface area contributed by atoms with Crippen LogP contribution in [0, 0.1) is 13.8 Å². The monoisotopic (exact) mass is 458 g/mol. The number of hydrogen-bond acceptors (Lipinski definition) is 6. The van der Waals surface area contributed by atoms with Gasteiger partial charge in [-0.05, 0) is 51.2 Å². The first kappa shape index (κ1) is 22.1. The summed E-state index contributed by atoms with van der Waals surface area (Å²) >= 11 is 6.69. The van der Waals surface area contributed by atoms with E-state index in [-0.39, 0.29) is 12.0 Å². The average Bonchev–Trinajstić information content (AvgIpc) is 3.12. The Morgan fingerprint density at radius 1 is 1.31 bits per heavy atom. The molecule has 1 amide bonds. The van der Waals surface area contributed by atoms with Gasteiger partial charge in [0.1, 0.15) is 17.9 Å². The number of fused-ring (bicyclic) bond motifs is 1. The number of piperidine rings is 1. The van der Waals surface area contributed by atoms with Gasteiger partial charge in [0.25, 0.3) is 0 Å². The molecule has 4 rings (SSSR count). The molecule has 170 valence electrons. The van der Waals surface area contributed by atoms with Crippen LogP contribution in [0.25, 0.3) is 11.0 Å². The molecule has 3 heterocycles. The van der Waals surface area contributed by atoms with Crippen LogP contribution in [-0.4, -0.2) is 56.0 Å². The molecule has 1 fully saturated rings. The summed E-state index contributed by atoms with van der Waals surface area (Å²) in [5, 5.41) is 15.4. The topological polar surface area (TPSA) is 119 Å². The minimum Gasteiger partial charge on any atom is -0.496 e. The summed E-state index contributed by atoms with van der Waals surface area (Å²) in [4.78, 5) is 21.3. The third-order valence-electron chi connectivity index (χ3n) is 6.44. The predicted octanol–water partition coefficient (Wildman–Crippen LogP) is 4.15. The third kappa shape index (κ3) is 3.60. The Morgan fingerprint density at radius 2 is 2.00 bits per heavy atom. The second-order valence-electron chi connectivity index (χ2n) is 8.23. The van der Waals surface area contributed by atoms with E-state index in [1.165, 1.54) is 11.2 Å². The van der Waals surface area contributed by atoms with Crippen LogP contribution in [0.5, 0.6) is 5.75 Å². The molecule has 1 aliphatic heterocycles. The number of benzene rings is 1. The number of carboxylic acid groups (broad SMARTS) is 1. The first-order chi connectivity index (χ1) is 15.2. The normalized spacial score (nSPS) is 15.8. The molecule has 0 bridgehead atoms. The number of methoxy groups -OCH3 is 1. The van der Waals surface area contributed by atoms with Crippen LogP contribution in [0.1, 0.15) is 54.1 Å². The van der Waals surface area contributed by atoms with Gasteiger partial charge in [0.2, 0.25) is 0 Å². The van der Waals surface area contributed by atoms with Crippen molar-refractivity contribution in [3.8, 4) is 5.75 Å². The van der Waals surface area contributed by atoms with Crippen molar-refractivity contribution in [2.75, 3.05) is 25.9 Å².